The number of ether oxygens (including phenoxy) is 1. The van der Waals surface area contributed by atoms with Gasteiger partial charge in [0.05, 0.1) is 11.2 Å². The number of hydrogen-bond donors (Lipinski definition) is 0. The van der Waals surface area contributed by atoms with E-state index in [1.165, 1.54) is 5.56 Å². The van der Waals surface area contributed by atoms with Gasteiger partial charge in [-0.05, 0) is 59.6 Å². The standard InChI is InChI=1S/C18H24N2O2/c1-12-6-8-13(9-7-12)19-16(2,3)14-10-11-17(4)18(14,5)20(19)15(21)22-17/h6-9,14H,10-11H2,1-5H3. The molecule has 2 heterocycles. The second kappa shape index (κ2) is 3.79. The molecule has 1 saturated carbocycles. The van der Waals surface area contributed by atoms with Crippen LogP contribution in [0.2, 0.25) is 0 Å². The van der Waals surface area contributed by atoms with Gasteiger partial charge in [0, 0.05) is 5.92 Å². The maximum Gasteiger partial charge on any atom is 0.430 e. The van der Waals surface area contributed by atoms with Gasteiger partial charge in [0.15, 0.2) is 0 Å². The highest BCUT2D eigenvalue weighted by Crippen LogP contribution is 2.63. The summed E-state index contributed by atoms with van der Waals surface area (Å²) in [5.41, 5.74) is 1.53. The van der Waals surface area contributed by atoms with Crippen LogP contribution in [0.1, 0.15) is 46.1 Å². The molecule has 22 heavy (non-hydrogen) atoms. The monoisotopic (exact) mass is 300 g/mol. The van der Waals surface area contributed by atoms with E-state index in [1.54, 1.807) is 0 Å². The average molecular weight is 300 g/mol. The Labute approximate surface area is 132 Å². The molecule has 0 N–H and O–H groups in total. The van der Waals surface area contributed by atoms with Crippen molar-refractivity contribution < 1.29 is 9.53 Å². The number of hydrazine groups is 1. The Bertz CT molecular complexity index is 654. The second-order valence-corrected chi connectivity index (χ2v) is 7.95. The number of carbonyl (C=O) groups is 1. The molecule has 0 bridgehead atoms. The number of nitrogens with zero attached hydrogens (tertiary/aromatic N) is 2. The highest BCUT2D eigenvalue weighted by atomic mass is 16.6. The van der Waals surface area contributed by atoms with Crippen LogP contribution in [0.4, 0.5) is 10.5 Å². The number of amides is 1. The predicted octanol–water partition coefficient (Wildman–Crippen LogP) is 3.89. The van der Waals surface area contributed by atoms with Crippen LogP contribution in [0, 0.1) is 12.8 Å². The molecular formula is C18H24N2O2. The molecule has 1 aliphatic carbocycles. The zero-order valence-electron chi connectivity index (χ0n) is 14.0. The van der Waals surface area contributed by atoms with Gasteiger partial charge in [-0.25, -0.2) is 9.80 Å². The SMILES string of the molecule is Cc1ccc(N2N3C(=O)OC4(C)CCC(C2(C)C)C34C)cc1. The molecule has 2 saturated heterocycles. The number of anilines is 1. The zero-order chi connectivity index (χ0) is 15.9. The molecule has 0 spiro atoms. The summed E-state index contributed by atoms with van der Waals surface area (Å²) < 4.78 is 5.82. The normalized spacial score (nSPS) is 38.4. The van der Waals surface area contributed by atoms with Gasteiger partial charge in [-0.3, -0.25) is 5.01 Å². The third-order valence-corrected chi connectivity index (χ3v) is 6.46. The van der Waals surface area contributed by atoms with Crippen molar-refractivity contribution in [2.75, 3.05) is 5.01 Å². The first-order chi connectivity index (χ1) is 10.2. The van der Waals surface area contributed by atoms with E-state index in [1.807, 2.05) is 5.01 Å². The van der Waals surface area contributed by atoms with Crippen LogP contribution >= 0.6 is 0 Å². The fourth-order valence-corrected chi connectivity index (χ4v) is 5.14. The molecule has 3 atom stereocenters. The number of carbonyl (C=O) groups excluding carboxylic acids is 1. The summed E-state index contributed by atoms with van der Waals surface area (Å²) in [6.45, 7) is 10.9. The van der Waals surface area contributed by atoms with Crippen LogP contribution in [0.3, 0.4) is 0 Å². The summed E-state index contributed by atoms with van der Waals surface area (Å²) in [5, 5.41) is 4.07. The second-order valence-electron chi connectivity index (χ2n) is 7.95. The summed E-state index contributed by atoms with van der Waals surface area (Å²) in [4.78, 5) is 12.7. The maximum absolute atomic E-state index is 12.7. The van der Waals surface area contributed by atoms with E-state index >= 15 is 0 Å². The summed E-state index contributed by atoms with van der Waals surface area (Å²) in [6.07, 6.45) is 1.83. The topological polar surface area (TPSA) is 32.8 Å². The lowest BCUT2D eigenvalue weighted by atomic mass is 9.74. The van der Waals surface area contributed by atoms with Gasteiger partial charge in [-0.1, -0.05) is 17.7 Å². The number of rotatable bonds is 1. The van der Waals surface area contributed by atoms with Crippen molar-refractivity contribution in [3.63, 3.8) is 0 Å². The molecule has 118 valence electrons. The van der Waals surface area contributed by atoms with E-state index < -0.39 is 0 Å². The van der Waals surface area contributed by atoms with Crippen LogP contribution in [-0.4, -0.2) is 27.8 Å². The molecule has 1 aromatic rings. The van der Waals surface area contributed by atoms with E-state index in [0.717, 1.165) is 18.5 Å². The minimum absolute atomic E-state index is 0.110. The molecule has 3 aliphatic rings. The quantitative estimate of drug-likeness (QED) is 0.789. The summed E-state index contributed by atoms with van der Waals surface area (Å²) >= 11 is 0. The molecule has 0 aromatic heterocycles. The molecule has 2 aliphatic heterocycles. The molecule has 1 amide bonds. The Morgan fingerprint density at radius 1 is 1.09 bits per heavy atom. The first-order valence-electron chi connectivity index (χ1n) is 8.12. The van der Waals surface area contributed by atoms with Gasteiger partial charge in [-0.15, -0.1) is 0 Å². The summed E-state index contributed by atoms with van der Waals surface area (Å²) in [7, 11) is 0. The Morgan fingerprint density at radius 2 is 1.73 bits per heavy atom. The van der Waals surface area contributed by atoms with E-state index in [-0.39, 0.29) is 22.8 Å². The minimum Gasteiger partial charge on any atom is -0.439 e. The number of benzene rings is 1. The Kier molecular flexibility index (Phi) is 2.39. The van der Waals surface area contributed by atoms with Crippen molar-refractivity contribution >= 4 is 11.8 Å². The Hall–Kier alpha value is -1.71. The molecule has 4 nitrogen and oxygen atoms in total. The molecule has 1 aromatic carbocycles. The van der Waals surface area contributed by atoms with E-state index in [4.69, 9.17) is 4.74 Å². The summed E-state index contributed by atoms with van der Waals surface area (Å²) in [5.74, 6) is 0.401. The van der Waals surface area contributed by atoms with Gasteiger partial charge in [0.1, 0.15) is 11.1 Å². The lowest BCUT2D eigenvalue weighted by Crippen LogP contribution is -2.54. The molecular weight excluding hydrogens is 276 g/mol. The van der Waals surface area contributed by atoms with Gasteiger partial charge in [0.2, 0.25) is 0 Å². The maximum atomic E-state index is 12.7. The zero-order valence-corrected chi connectivity index (χ0v) is 14.0. The van der Waals surface area contributed by atoms with Crippen molar-refractivity contribution in [1.82, 2.24) is 5.01 Å². The fraction of sp³-hybridized carbons (Fsp3) is 0.611. The minimum atomic E-state index is -0.383. The highest BCUT2D eigenvalue weighted by molar-refractivity contribution is 5.78. The first kappa shape index (κ1) is 13.9. The summed E-state index contributed by atoms with van der Waals surface area (Å²) in [6, 6.07) is 8.40. The van der Waals surface area contributed by atoms with E-state index in [0.29, 0.717) is 5.92 Å². The van der Waals surface area contributed by atoms with Crippen LogP contribution < -0.4 is 5.01 Å². The molecule has 3 fully saturated rings. The predicted molar refractivity (Wildman–Crippen MR) is 85.6 cm³/mol. The van der Waals surface area contributed by atoms with Gasteiger partial charge < -0.3 is 4.74 Å². The molecule has 3 unspecified atom stereocenters. The smallest absolute Gasteiger partial charge is 0.430 e. The van der Waals surface area contributed by atoms with Crippen LogP contribution in [0.5, 0.6) is 0 Å². The van der Waals surface area contributed by atoms with Gasteiger partial charge in [0.25, 0.3) is 0 Å². The molecule has 4 rings (SSSR count). The van der Waals surface area contributed by atoms with Crippen molar-refractivity contribution in [1.29, 1.82) is 0 Å². The lowest BCUT2D eigenvalue weighted by Gasteiger charge is -2.39. The largest absolute Gasteiger partial charge is 0.439 e. The van der Waals surface area contributed by atoms with Crippen LogP contribution in [-0.2, 0) is 4.74 Å². The van der Waals surface area contributed by atoms with Crippen molar-refractivity contribution in [2.24, 2.45) is 5.92 Å². The van der Waals surface area contributed by atoms with E-state index in [9.17, 15) is 4.79 Å². The molecule has 0 radical (unpaired) electrons. The van der Waals surface area contributed by atoms with Crippen molar-refractivity contribution in [2.45, 2.75) is 64.1 Å². The fourth-order valence-electron chi connectivity index (χ4n) is 5.14. The third-order valence-electron chi connectivity index (χ3n) is 6.46. The highest BCUT2D eigenvalue weighted by Gasteiger charge is 2.76. The molecule has 4 heteroatoms. The van der Waals surface area contributed by atoms with Crippen molar-refractivity contribution in [3.05, 3.63) is 29.8 Å². The van der Waals surface area contributed by atoms with E-state index in [2.05, 4.69) is 63.9 Å². The third kappa shape index (κ3) is 1.32. The van der Waals surface area contributed by atoms with Crippen molar-refractivity contribution in [3.8, 4) is 0 Å². The Morgan fingerprint density at radius 3 is 2.36 bits per heavy atom. The Balaban J connectivity index is 1.90. The number of aryl methyl sites for hydroxylation is 1. The average Bonchev–Trinajstić information content (AvgIpc) is 2.87. The number of hydrogen-bond acceptors (Lipinski definition) is 3. The van der Waals surface area contributed by atoms with Gasteiger partial charge in [-0.2, -0.15) is 0 Å². The first-order valence-corrected chi connectivity index (χ1v) is 8.12. The van der Waals surface area contributed by atoms with Crippen LogP contribution in [0.15, 0.2) is 24.3 Å². The van der Waals surface area contributed by atoms with Crippen LogP contribution in [0.25, 0.3) is 0 Å². The lowest BCUT2D eigenvalue weighted by molar-refractivity contribution is 0.0271. The van der Waals surface area contributed by atoms with Gasteiger partial charge >= 0.3 is 6.09 Å².